The van der Waals surface area contributed by atoms with Crippen LogP contribution in [0.4, 0.5) is 5.95 Å². The van der Waals surface area contributed by atoms with Crippen molar-refractivity contribution >= 4 is 12.2 Å². The molecule has 0 unspecified atom stereocenters. The van der Waals surface area contributed by atoms with Gasteiger partial charge in [0.05, 0.1) is 5.56 Å². The lowest BCUT2D eigenvalue weighted by atomic mass is 9.93. The molecule has 0 aliphatic carbocycles. The molecule has 0 amide bonds. The normalized spacial score (nSPS) is 19.2. The second-order valence-corrected chi connectivity index (χ2v) is 4.77. The van der Waals surface area contributed by atoms with E-state index in [-0.39, 0.29) is 0 Å². The van der Waals surface area contributed by atoms with E-state index >= 15 is 0 Å². The maximum absolute atomic E-state index is 10.4. The summed E-state index contributed by atoms with van der Waals surface area (Å²) in [4.78, 5) is 21.0. The standard InChI is InChI=1S/C11H15N3O/c1-11(2)3-4-14(8-11)10-12-5-9(7-15)6-13-10/h5-7H,3-4,8H2,1-2H3. The lowest BCUT2D eigenvalue weighted by molar-refractivity contribution is 0.112. The number of aromatic nitrogens is 2. The van der Waals surface area contributed by atoms with Gasteiger partial charge < -0.3 is 4.90 Å². The van der Waals surface area contributed by atoms with E-state index in [2.05, 4.69) is 28.7 Å². The summed E-state index contributed by atoms with van der Waals surface area (Å²) in [6, 6.07) is 0. The topological polar surface area (TPSA) is 46.1 Å². The van der Waals surface area contributed by atoms with Crippen molar-refractivity contribution in [1.82, 2.24) is 9.97 Å². The lowest BCUT2D eigenvalue weighted by Gasteiger charge is -2.19. The number of anilines is 1. The highest BCUT2D eigenvalue weighted by Crippen LogP contribution is 2.30. The van der Waals surface area contributed by atoms with Gasteiger partial charge in [-0.25, -0.2) is 9.97 Å². The Morgan fingerprint density at radius 2 is 2.07 bits per heavy atom. The molecule has 4 nitrogen and oxygen atoms in total. The summed E-state index contributed by atoms with van der Waals surface area (Å²) in [7, 11) is 0. The molecule has 0 atom stereocenters. The van der Waals surface area contributed by atoms with Gasteiger partial charge >= 0.3 is 0 Å². The largest absolute Gasteiger partial charge is 0.340 e. The van der Waals surface area contributed by atoms with Gasteiger partial charge in [-0.15, -0.1) is 0 Å². The van der Waals surface area contributed by atoms with Crippen molar-refractivity contribution in [3.8, 4) is 0 Å². The SMILES string of the molecule is CC1(C)CCN(c2ncc(C=O)cn2)C1. The van der Waals surface area contributed by atoms with Crippen molar-refractivity contribution in [2.24, 2.45) is 5.41 Å². The summed E-state index contributed by atoms with van der Waals surface area (Å²) >= 11 is 0. The van der Waals surface area contributed by atoms with E-state index in [9.17, 15) is 4.79 Å². The van der Waals surface area contributed by atoms with Crippen molar-refractivity contribution in [2.45, 2.75) is 20.3 Å². The Balaban J connectivity index is 2.14. The van der Waals surface area contributed by atoms with Gasteiger partial charge in [0.1, 0.15) is 0 Å². The van der Waals surface area contributed by atoms with Crippen molar-refractivity contribution in [3.05, 3.63) is 18.0 Å². The molecule has 0 radical (unpaired) electrons. The highest BCUT2D eigenvalue weighted by atomic mass is 16.1. The first-order valence-electron chi connectivity index (χ1n) is 5.13. The van der Waals surface area contributed by atoms with E-state index in [1.807, 2.05) is 0 Å². The third-order valence-electron chi connectivity index (χ3n) is 2.75. The average Bonchev–Trinajstić information content (AvgIpc) is 2.59. The Kier molecular flexibility index (Phi) is 2.42. The van der Waals surface area contributed by atoms with E-state index in [1.165, 1.54) is 0 Å². The smallest absolute Gasteiger partial charge is 0.225 e. The van der Waals surface area contributed by atoms with Crippen LogP contribution in [0.5, 0.6) is 0 Å². The second kappa shape index (κ2) is 3.61. The summed E-state index contributed by atoms with van der Waals surface area (Å²) in [6.07, 6.45) is 5.06. The van der Waals surface area contributed by atoms with Gasteiger partial charge in [0.15, 0.2) is 6.29 Å². The third-order valence-corrected chi connectivity index (χ3v) is 2.75. The van der Waals surface area contributed by atoms with Gasteiger partial charge in [-0.3, -0.25) is 4.79 Å². The second-order valence-electron chi connectivity index (χ2n) is 4.77. The first-order valence-corrected chi connectivity index (χ1v) is 5.13. The van der Waals surface area contributed by atoms with Crippen molar-refractivity contribution in [3.63, 3.8) is 0 Å². The molecular formula is C11H15N3O. The Hall–Kier alpha value is -1.45. The predicted octanol–water partition coefficient (Wildman–Crippen LogP) is 1.53. The zero-order valence-electron chi connectivity index (χ0n) is 9.10. The van der Waals surface area contributed by atoms with Gasteiger partial charge in [0.25, 0.3) is 0 Å². The van der Waals surface area contributed by atoms with Gasteiger partial charge in [-0.05, 0) is 11.8 Å². The Labute approximate surface area is 89.3 Å². The van der Waals surface area contributed by atoms with Crippen LogP contribution >= 0.6 is 0 Å². The summed E-state index contributed by atoms with van der Waals surface area (Å²) in [6.45, 7) is 6.46. The number of aldehydes is 1. The molecule has 1 aromatic heterocycles. The first-order chi connectivity index (χ1) is 7.11. The molecule has 2 rings (SSSR count). The first kappa shape index (κ1) is 10.1. The predicted molar refractivity (Wildman–Crippen MR) is 58.0 cm³/mol. The third kappa shape index (κ3) is 2.14. The van der Waals surface area contributed by atoms with Crippen LogP contribution in [-0.4, -0.2) is 29.3 Å². The number of rotatable bonds is 2. The molecule has 0 aromatic carbocycles. The summed E-state index contributed by atoms with van der Waals surface area (Å²) in [5.74, 6) is 0.728. The molecule has 0 N–H and O–H groups in total. The minimum absolute atomic E-state index is 0.340. The Morgan fingerprint density at radius 1 is 1.40 bits per heavy atom. The molecule has 0 spiro atoms. The maximum Gasteiger partial charge on any atom is 0.225 e. The summed E-state index contributed by atoms with van der Waals surface area (Å²) in [5, 5.41) is 0. The number of carbonyl (C=O) groups excluding carboxylic acids is 1. The summed E-state index contributed by atoms with van der Waals surface area (Å²) in [5.41, 5.74) is 0.865. The van der Waals surface area contributed by atoms with Crippen LogP contribution in [0.25, 0.3) is 0 Å². The highest BCUT2D eigenvalue weighted by molar-refractivity contribution is 5.73. The minimum atomic E-state index is 0.340. The fourth-order valence-electron chi connectivity index (χ4n) is 1.84. The molecule has 1 saturated heterocycles. The molecule has 1 aromatic rings. The monoisotopic (exact) mass is 205 g/mol. The van der Waals surface area contributed by atoms with Crippen molar-refractivity contribution in [2.75, 3.05) is 18.0 Å². The zero-order chi connectivity index (χ0) is 10.9. The molecule has 80 valence electrons. The van der Waals surface area contributed by atoms with Crippen molar-refractivity contribution in [1.29, 1.82) is 0 Å². The minimum Gasteiger partial charge on any atom is -0.340 e. The van der Waals surface area contributed by atoms with E-state index in [0.29, 0.717) is 11.0 Å². The number of carbonyl (C=O) groups is 1. The van der Waals surface area contributed by atoms with E-state index in [1.54, 1.807) is 12.4 Å². The van der Waals surface area contributed by atoms with E-state index in [4.69, 9.17) is 0 Å². The number of hydrogen-bond donors (Lipinski definition) is 0. The molecule has 15 heavy (non-hydrogen) atoms. The lowest BCUT2D eigenvalue weighted by Crippen LogP contribution is -2.24. The zero-order valence-corrected chi connectivity index (χ0v) is 9.10. The van der Waals surface area contributed by atoms with Gasteiger partial charge in [0, 0.05) is 25.5 Å². The van der Waals surface area contributed by atoms with Gasteiger partial charge in [0.2, 0.25) is 5.95 Å². The van der Waals surface area contributed by atoms with E-state index < -0.39 is 0 Å². The van der Waals surface area contributed by atoms with Crippen LogP contribution in [-0.2, 0) is 0 Å². The Bertz CT molecular complexity index is 359. The fourth-order valence-corrected chi connectivity index (χ4v) is 1.84. The molecule has 1 aliphatic heterocycles. The molecule has 0 saturated carbocycles. The molecule has 4 heteroatoms. The van der Waals surface area contributed by atoms with Crippen LogP contribution < -0.4 is 4.90 Å². The average molecular weight is 205 g/mol. The van der Waals surface area contributed by atoms with Gasteiger partial charge in [-0.1, -0.05) is 13.8 Å². The fraction of sp³-hybridized carbons (Fsp3) is 0.545. The van der Waals surface area contributed by atoms with Gasteiger partial charge in [-0.2, -0.15) is 0 Å². The summed E-state index contributed by atoms with van der Waals surface area (Å²) < 4.78 is 0. The highest BCUT2D eigenvalue weighted by Gasteiger charge is 2.30. The van der Waals surface area contributed by atoms with Crippen LogP contribution in [0.2, 0.25) is 0 Å². The van der Waals surface area contributed by atoms with Crippen LogP contribution in [0.15, 0.2) is 12.4 Å². The molecular weight excluding hydrogens is 190 g/mol. The number of nitrogens with zero attached hydrogens (tertiary/aromatic N) is 3. The quantitative estimate of drug-likeness (QED) is 0.687. The molecule has 1 fully saturated rings. The van der Waals surface area contributed by atoms with E-state index in [0.717, 1.165) is 31.7 Å². The maximum atomic E-state index is 10.4. The van der Waals surface area contributed by atoms with Crippen LogP contribution in [0.1, 0.15) is 30.6 Å². The molecule has 2 heterocycles. The van der Waals surface area contributed by atoms with Crippen LogP contribution in [0, 0.1) is 5.41 Å². The number of hydrogen-bond acceptors (Lipinski definition) is 4. The van der Waals surface area contributed by atoms with Crippen molar-refractivity contribution < 1.29 is 4.79 Å². The molecule has 0 bridgehead atoms. The Morgan fingerprint density at radius 3 is 2.53 bits per heavy atom. The molecule has 1 aliphatic rings. The van der Waals surface area contributed by atoms with Crippen LogP contribution in [0.3, 0.4) is 0 Å².